The Morgan fingerprint density at radius 3 is 2.27 bits per heavy atom. The van der Waals surface area contributed by atoms with Crippen LogP contribution < -0.4 is 9.47 Å². The first-order chi connectivity index (χ1) is 15.7. The van der Waals surface area contributed by atoms with E-state index in [2.05, 4.69) is 37.9 Å². The minimum absolute atomic E-state index is 0.0219. The molecule has 0 aliphatic heterocycles. The first kappa shape index (κ1) is 25.7. The van der Waals surface area contributed by atoms with Crippen molar-refractivity contribution >= 4 is 34.8 Å². The van der Waals surface area contributed by atoms with Gasteiger partial charge in [-0.1, -0.05) is 56.1 Å². The molecule has 0 saturated heterocycles. The number of hydrogen-bond donors (Lipinski definition) is 1. The van der Waals surface area contributed by atoms with Gasteiger partial charge in [0.1, 0.15) is 18.5 Å². The Kier molecular flexibility index (Phi) is 8.94. The van der Waals surface area contributed by atoms with E-state index in [1.165, 1.54) is 0 Å². The molecule has 0 unspecified atom stereocenters. The summed E-state index contributed by atoms with van der Waals surface area (Å²) in [5.41, 5.74) is 1.69. The summed E-state index contributed by atoms with van der Waals surface area (Å²) >= 11 is 18.5. The predicted molar refractivity (Wildman–Crippen MR) is 134 cm³/mol. The lowest BCUT2D eigenvalue weighted by molar-refractivity contribution is 0.125. The quantitative estimate of drug-likeness (QED) is 0.311. The third-order valence-corrected chi connectivity index (χ3v) is 6.43. The summed E-state index contributed by atoms with van der Waals surface area (Å²) in [6.45, 7) is 7.86. The van der Waals surface area contributed by atoms with Gasteiger partial charge in [-0.15, -0.1) is 11.6 Å². The van der Waals surface area contributed by atoms with Gasteiger partial charge in [-0.05, 0) is 35.4 Å². The van der Waals surface area contributed by atoms with Crippen molar-refractivity contribution in [2.45, 2.75) is 38.8 Å². The standard InChI is InChI=1S/C25H29Cl3N2O3/c1-17(13-30-9-8-29-16-30)14-32-21-6-4-18(5-7-21)25(2,3)19-10-22(27)24(23(28)11-19)33-15-20(31)12-26/h4-11,16-17,20,31H,12-15H2,1-3H3/t17-,20+/m1/s1. The van der Waals surface area contributed by atoms with Gasteiger partial charge >= 0.3 is 0 Å². The number of nitrogens with zero attached hydrogens (tertiary/aromatic N) is 2. The lowest BCUT2D eigenvalue weighted by Gasteiger charge is -2.27. The van der Waals surface area contributed by atoms with E-state index < -0.39 is 6.10 Å². The summed E-state index contributed by atoms with van der Waals surface area (Å²) < 4.78 is 13.6. The van der Waals surface area contributed by atoms with Crippen molar-refractivity contribution < 1.29 is 14.6 Å². The molecule has 1 aromatic heterocycles. The number of benzene rings is 2. The minimum atomic E-state index is -0.787. The molecule has 2 atom stereocenters. The van der Waals surface area contributed by atoms with E-state index in [4.69, 9.17) is 44.3 Å². The fourth-order valence-corrected chi connectivity index (χ4v) is 4.15. The van der Waals surface area contributed by atoms with E-state index in [-0.39, 0.29) is 17.9 Å². The number of alkyl halides is 1. The maximum Gasteiger partial charge on any atom is 0.156 e. The SMILES string of the molecule is C[C@@H](COc1ccc(C(C)(C)c2cc(Cl)c(OC[C@@H](O)CCl)c(Cl)c2)cc1)Cn1ccnc1. The van der Waals surface area contributed by atoms with E-state index in [0.29, 0.717) is 28.3 Å². The van der Waals surface area contributed by atoms with Crippen molar-refractivity contribution in [3.8, 4) is 11.5 Å². The number of aromatic nitrogens is 2. The first-order valence-electron chi connectivity index (χ1n) is 10.8. The van der Waals surface area contributed by atoms with E-state index in [9.17, 15) is 5.11 Å². The molecule has 3 aromatic rings. The van der Waals surface area contributed by atoms with Crippen LogP contribution in [-0.2, 0) is 12.0 Å². The summed E-state index contributed by atoms with van der Waals surface area (Å²) in [4.78, 5) is 4.07. The van der Waals surface area contributed by atoms with Gasteiger partial charge in [-0.2, -0.15) is 0 Å². The van der Waals surface area contributed by atoms with Gasteiger partial charge < -0.3 is 19.1 Å². The number of aliphatic hydroxyl groups is 1. The molecule has 0 radical (unpaired) electrons. The Balaban J connectivity index is 1.67. The minimum Gasteiger partial charge on any atom is -0.493 e. The maximum absolute atomic E-state index is 9.62. The largest absolute Gasteiger partial charge is 0.493 e. The van der Waals surface area contributed by atoms with Crippen LogP contribution in [0.1, 0.15) is 31.9 Å². The fourth-order valence-electron chi connectivity index (χ4n) is 3.46. The summed E-state index contributed by atoms with van der Waals surface area (Å²) in [6.07, 6.45) is 4.76. The number of ether oxygens (including phenoxy) is 2. The average Bonchev–Trinajstić information content (AvgIpc) is 3.30. The van der Waals surface area contributed by atoms with Crippen LogP contribution in [0.4, 0.5) is 0 Å². The van der Waals surface area contributed by atoms with Crippen molar-refractivity contribution in [2.24, 2.45) is 5.92 Å². The Morgan fingerprint density at radius 1 is 1.03 bits per heavy atom. The van der Waals surface area contributed by atoms with Crippen LogP contribution >= 0.6 is 34.8 Å². The zero-order valence-corrected chi connectivity index (χ0v) is 21.2. The molecule has 3 rings (SSSR count). The number of hydrogen-bond acceptors (Lipinski definition) is 4. The van der Waals surface area contributed by atoms with Crippen LogP contribution in [0.5, 0.6) is 11.5 Å². The molecule has 1 N–H and O–H groups in total. The topological polar surface area (TPSA) is 56.5 Å². The fraction of sp³-hybridized carbons (Fsp3) is 0.400. The van der Waals surface area contributed by atoms with Gasteiger partial charge in [0.15, 0.2) is 5.75 Å². The molecule has 0 amide bonds. The lowest BCUT2D eigenvalue weighted by atomic mass is 9.78. The van der Waals surface area contributed by atoms with Crippen molar-refractivity contribution in [2.75, 3.05) is 19.1 Å². The van der Waals surface area contributed by atoms with Crippen LogP contribution in [0, 0.1) is 5.92 Å². The van der Waals surface area contributed by atoms with E-state index in [1.54, 1.807) is 6.20 Å². The molecule has 2 aromatic carbocycles. The van der Waals surface area contributed by atoms with E-state index >= 15 is 0 Å². The number of halogens is 3. The van der Waals surface area contributed by atoms with Crippen LogP contribution in [0.25, 0.3) is 0 Å². The average molecular weight is 512 g/mol. The molecule has 0 saturated carbocycles. The van der Waals surface area contributed by atoms with Gasteiger partial charge in [0, 0.05) is 30.3 Å². The molecule has 33 heavy (non-hydrogen) atoms. The second kappa shape index (κ2) is 11.5. The molecule has 0 fully saturated rings. The summed E-state index contributed by atoms with van der Waals surface area (Å²) in [5, 5.41) is 10.4. The molecule has 0 aliphatic carbocycles. The molecule has 0 aliphatic rings. The van der Waals surface area contributed by atoms with Crippen LogP contribution in [-0.4, -0.2) is 39.9 Å². The van der Waals surface area contributed by atoms with Gasteiger partial charge in [0.05, 0.1) is 28.9 Å². The van der Waals surface area contributed by atoms with Crippen molar-refractivity contribution in [3.05, 3.63) is 76.3 Å². The van der Waals surface area contributed by atoms with Gasteiger partial charge in [0.25, 0.3) is 0 Å². The Bertz CT molecular complexity index is 1000. The number of imidazole rings is 1. The van der Waals surface area contributed by atoms with Gasteiger partial charge in [0.2, 0.25) is 0 Å². The summed E-state index contributed by atoms with van der Waals surface area (Å²) in [6, 6.07) is 11.8. The smallest absolute Gasteiger partial charge is 0.156 e. The second-order valence-electron chi connectivity index (χ2n) is 8.71. The third kappa shape index (κ3) is 6.80. The van der Waals surface area contributed by atoms with Crippen molar-refractivity contribution in [3.63, 3.8) is 0 Å². The Morgan fingerprint density at radius 2 is 1.70 bits per heavy atom. The number of rotatable bonds is 11. The molecular weight excluding hydrogens is 483 g/mol. The van der Waals surface area contributed by atoms with Crippen LogP contribution in [0.2, 0.25) is 10.0 Å². The molecule has 178 valence electrons. The van der Waals surface area contributed by atoms with Crippen LogP contribution in [0.15, 0.2) is 55.1 Å². The number of aliphatic hydroxyl groups excluding tert-OH is 1. The zero-order valence-electron chi connectivity index (χ0n) is 19.0. The van der Waals surface area contributed by atoms with Crippen molar-refractivity contribution in [1.29, 1.82) is 0 Å². The highest BCUT2D eigenvalue weighted by Gasteiger charge is 2.26. The van der Waals surface area contributed by atoms with Crippen molar-refractivity contribution in [1.82, 2.24) is 9.55 Å². The first-order valence-corrected chi connectivity index (χ1v) is 12.0. The summed E-state index contributed by atoms with van der Waals surface area (Å²) in [5.74, 6) is 1.59. The Hall–Kier alpha value is -1.92. The third-order valence-electron chi connectivity index (χ3n) is 5.51. The van der Waals surface area contributed by atoms with Crippen LogP contribution in [0.3, 0.4) is 0 Å². The van der Waals surface area contributed by atoms with Gasteiger partial charge in [-0.25, -0.2) is 4.98 Å². The highest BCUT2D eigenvalue weighted by Crippen LogP contribution is 2.40. The molecule has 0 bridgehead atoms. The molecule has 0 spiro atoms. The van der Waals surface area contributed by atoms with E-state index in [0.717, 1.165) is 23.4 Å². The molecule has 1 heterocycles. The highest BCUT2D eigenvalue weighted by atomic mass is 35.5. The Labute approximate surface area is 210 Å². The molecule has 5 nitrogen and oxygen atoms in total. The molecular formula is C25H29Cl3N2O3. The molecule has 8 heteroatoms. The second-order valence-corrected chi connectivity index (χ2v) is 9.84. The zero-order chi connectivity index (χ0) is 24.0. The maximum atomic E-state index is 9.62. The summed E-state index contributed by atoms with van der Waals surface area (Å²) in [7, 11) is 0. The highest BCUT2D eigenvalue weighted by molar-refractivity contribution is 6.37. The van der Waals surface area contributed by atoms with Gasteiger partial charge in [-0.3, -0.25) is 0 Å². The van der Waals surface area contributed by atoms with E-state index in [1.807, 2.05) is 41.4 Å². The lowest BCUT2D eigenvalue weighted by Crippen LogP contribution is -2.20. The predicted octanol–water partition coefficient (Wildman–Crippen LogP) is 6.21. The normalized spacial score (nSPS) is 13.5. The monoisotopic (exact) mass is 510 g/mol.